The molecule has 1 unspecified atom stereocenters. The Morgan fingerprint density at radius 2 is 2.00 bits per heavy atom. The molecule has 4 nitrogen and oxygen atoms in total. The Bertz CT molecular complexity index is 603. The van der Waals surface area contributed by atoms with Crippen LogP contribution in [0.2, 0.25) is 0 Å². The highest BCUT2D eigenvalue weighted by Crippen LogP contribution is 2.27. The molecule has 1 N–H and O–H groups in total. The number of ether oxygens (including phenoxy) is 1. The van der Waals surface area contributed by atoms with Crippen LogP contribution in [0, 0.1) is 11.3 Å². The number of rotatable bonds is 2. The third-order valence-electron chi connectivity index (χ3n) is 3.52. The molecule has 0 radical (unpaired) electrons. The van der Waals surface area contributed by atoms with E-state index in [1.165, 1.54) is 5.57 Å². The zero-order chi connectivity index (χ0) is 16.2. The minimum absolute atomic E-state index is 0.122. The molecule has 4 heteroatoms. The summed E-state index contributed by atoms with van der Waals surface area (Å²) in [6.45, 7) is 5.57. The summed E-state index contributed by atoms with van der Waals surface area (Å²) in [5, 5.41) is 11.7. The first-order valence-corrected chi connectivity index (χ1v) is 7.56. The van der Waals surface area contributed by atoms with Gasteiger partial charge in [-0.2, -0.15) is 5.26 Å². The maximum atomic E-state index is 11.8. The van der Waals surface area contributed by atoms with Gasteiger partial charge < -0.3 is 10.1 Å². The highest BCUT2D eigenvalue weighted by atomic mass is 16.6. The Morgan fingerprint density at radius 3 is 2.50 bits per heavy atom. The number of hydrogen-bond acceptors (Lipinski definition) is 3. The van der Waals surface area contributed by atoms with Gasteiger partial charge in [0.15, 0.2) is 0 Å². The van der Waals surface area contributed by atoms with E-state index in [0.29, 0.717) is 5.56 Å². The van der Waals surface area contributed by atoms with E-state index in [0.717, 1.165) is 24.8 Å². The molecule has 22 heavy (non-hydrogen) atoms. The second-order valence-electron chi connectivity index (χ2n) is 6.54. The molecule has 0 aromatic heterocycles. The summed E-state index contributed by atoms with van der Waals surface area (Å²) in [6.07, 6.45) is 4.41. The molecule has 0 spiro atoms. The molecule has 1 aromatic carbocycles. The van der Waals surface area contributed by atoms with Crippen LogP contribution >= 0.6 is 0 Å². The number of nitriles is 1. The topological polar surface area (TPSA) is 62.1 Å². The molecule has 116 valence electrons. The molecule has 1 atom stereocenters. The van der Waals surface area contributed by atoms with Crippen LogP contribution in [0.25, 0.3) is 5.57 Å². The van der Waals surface area contributed by atoms with Crippen molar-refractivity contribution < 1.29 is 9.53 Å². The van der Waals surface area contributed by atoms with Gasteiger partial charge in [0.2, 0.25) is 0 Å². The van der Waals surface area contributed by atoms with E-state index in [2.05, 4.69) is 17.5 Å². The third-order valence-corrected chi connectivity index (χ3v) is 3.52. The van der Waals surface area contributed by atoms with Crippen molar-refractivity contribution in [3.05, 3.63) is 41.5 Å². The predicted octanol–water partition coefficient (Wildman–Crippen LogP) is 4.02. The van der Waals surface area contributed by atoms with Crippen LogP contribution in [0.1, 0.15) is 51.2 Å². The Labute approximate surface area is 131 Å². The minimum Gasteiger partial charge on any atom is -0.444 e. The molecule has 2 rings (SSSR count). The van der Waals surface area contributed by atoms with E-state index >= 15 is 0 Å². The van der Waals surface area contributed by atoms with E-state index in [-0.39, 0.29) is 12.1 Å². The van der Waals surface area contributed by atoms with Crippen molar-refractivity contribution in [3.63, 3.8) is 0 Å². The summed E-state index contributed by atoms with van der Waals surface area (Å²) >= 11 is 0. The second kappa shape index (κ2) is 6.65. The number of carbonyl (C=O) groups is 1. The Balaban J connectivity index is 1.92. The molecule has 0 heterocycles. The molecule has 1 aromatic rings. The van der Waals surface area contributed by atoms with Crippen molar-refractivity contribution in [2.24, 2.45) is 0 Å². The molecule has 1 aliphatic rings. The van der Waals surface area contributed by atoms with Crippen molar-refractivity contribution in [2.45, 2.75) is 51.7 Å². The molecular weight excluding hydrogens is 276 g/mol. The van der Waals surface area contributed by atoms with Gasteiger partial charge in [-0.15, -0.1) is 0 Å². The van der Waals surface area contributed by atoms with Gasteiger partial charge in [-0.3, -0.25) is 0 Å². The smallest absolute Gasteiger partial charge is 0.407 e. The van der Waals surface area contributed by atoms with E-state index < -0.39 is 5.60 Å². The maximum Gasteiger partial charge on any atom is 0.407 e. The molecule has 0 saturated carbocycles. The fourth-order valence-electron chi connectivity index (χ4n) is 2.46. The first-order chi connectivity index (χ1) is 10.4. The lowest BCUT2D eigenvalue weighted by molar-refractivity contribution is 0.0502. The third kappa shape index (κ3) is 4.63. The molecule has 1 aliphatic carbocycles. The van der Waals surface area contributed by atoms with Gasteiger partial charge in [-0.05, 0) is 63.3 Å². The summed E-state index contributed by atoms with van der Waals surface area (Å²) in [7, 11) is 0. The van der Waals surface area contributed by atoms with E-state index in [9.17, 15) is 4.79 Å². The molecular formula is C18H22N2O2. The average Bonchev–Trinajstić information content (AvgIpc) is 2.46. The Morgan fingerprint density at radius 1 is 1.32 bits per heavy atom. The fourth-order valence-corrected chi connectivity index (χ4v) is 2.46. The number of carbonyl (C=O) groups excluding carboxylic acids is 1. The fraction of sp³-hybridized carbons (Fsp3) is 0.444. The van der Waals surface area contributed by atoms with Crippen molar-refractivity contribution in [3.8, 4) is 6.07 Å². The molecule has 0 aliphatic heterocycles. The van der Waals surface area contributed by atoms with E-state index in [4.69, 9.17) is 10.00 Å². The summed E-state index contributed by atoms with van der Waals surface area (Å²) in [4.78, 5) is 11.8. The normalized spacial score (nSPS) is 18.1. The predicted molar refractivity (Wildman–Crippen MR) is 86.1 cm³/mol. The van der Waals surface area contributed by atoms with Gasteiger partial charge in [0.1, 0.15) is 5.60 Å². The minimum atomic E-state index is -0.470. The van der Waals surface area contributed by atoms with Crippen molar-refractivity contribution in [1.82, 2.24) is 5.32 Å². The number of allylic oxidation sites excluding steroid dienone is 1. The summed E-state index contributed by atoms with van der Waals surface area (Å²) in [5.41, 5.74) is 2.62. The highest BCUT2D eigenvalue weighted by Gasteiger charge is 2.21. The van der Waals surface area contributed by atoms with E-state index in [1.54, 1.807) is 0 Å². The quantitative estimate of drug-likeness (QED) is 0.897. The largest absolute Gasteiger partial charge is 0.444 e. The van der Waals surface area contributed by atoms with Gasteiger partial charge in [-0.1, -0.05) is 18.2 Å². The molecule has 0 saturated heterocycles. The standard InChI is InChI=1S/C18H22N2O2/c1-18(2,3)22-17(21)20-16-10-8-15(9-11-16)14-6-4-13(12-19)5-7-14/h4-8,16H,9-11H2,1-3H3,(H,20,21). The summed E-state index contributed by atoms with van der Waals surface area (Å²) < 4.78 is 5.28. The lowest BCUT2D eigenvalue weighted by atomic mass is 9.90. The number of amides is 1. The first-order valence-electron chi connectivity index (χ1n) is 7.56. The van der Waals surface area contributed by atoms with Crippen LogP contribution in [0.5, 0.6) is 0 Å². The van der Waals surface area contributed by atoms with Crippen LogP contribution < -0.4 is 5.32 Å². The van der Waals surface area contributed by atoms with Crippen molar-refractivity contribution >= 4 is 11.7 Å². The van der Waals surface area contributed by atoms with Gasteiger partial charge in [0.05, 0.1) is 11.6 Å². The van der Waals surface area contributed by atoms with Crippen LogP contribution in [-0.2, 0) is 4.74 Å². The zero-order valence-corrected chi connectivity index (χ0v) is 13.3. The van der Waals surface area contributed by atoms with Crippen LogP contribution in [0.4, 0.5) is 4.79 Å². The van der Waals surface area contributed by atoms with E-state index in [1.807, 2.05) is 45.0 Å². The van der Waals surface area contributed by atoms with Crippen LogP contribution in [0.15, 0.2) is 30.3 Å². The lowest BCUT2D eigenvalue weighted by Gasteiger charge is -2.26. The number of nitrogens with one attached hydrogen (secondary N) is 1. The van der Waals surface area contributed by atoms with Gasteiger partial charge in [0, 0.05) is 6.04 Å². The van der Waals surface area contributed by atoms with Gasteiger partial charge in [0.25, 0.3) is 0 Å². The summed E-state index contributed by atoms with van der Waals surface area (Å²) in [6, 6.07) is 9.87. The van der Waals surface area contributed by atoms with Gasteiger partial charge >= 0.3 is 6.09 Å². The van der Waals surface area contributed by atoms with Gasteiger partial charge in [-0.25, -0.2) is 4.79 Å². The lowest BCUT2D eigenvalue weighted by Crippen LogP contribution is -2.39. The SMILES string of the molecule is CC(C)(C)OC(=O)NC1CC=C(c2ccc(C#N)cc2)CC1. The Hall–Kier alpha value is -2.28. The zero-order valence-electron chi connectivity index (χ0n) is 13.3. The van der Waals surface area contributed by atoms with Crippen LogP contribution in [-0.4, -0.2) is 17.7 Å². The molecule has 1 amide bonds. The number of benzene rings is 1. The van der Waals surface area contributed by atoms with Crippen molar-refractivity contribution in [2.75, 3.05) is 0 Å². The molecule has 0 bridgehead atoms. The average molecular weight is 298 g/mol. The van der Waals surface area contributed by atoms with Crippen LogP contribution in [0.3, 0.4) is 0 Å². The number of alkyl carbamates (subject to hydrolysis) is 1. The first kappa shape index (κ1) is 16.1. The molecule has 0 fully saturated rings. The Kier molecular flexibility index (Phi) is 4.87. The number of hydrogen-bond donors (Lipinski definition) is 1. The monoisotopic (exact) mass is 298 g/mol. The number of nitrogens with zero attached hydrogens (tertiary/aromatic N) is 1. The highest BCUT2D eigenvalue weighted by molar-refractivity contribution is 5.70. The maximum absolute atomic E-state index is 11.8. The summed E-state index contributed by atoms with van der Waals surface area (Å²) in [5.74, 6) is 0. The van der Waals surface area contributed by atoms with Crippen molar-refractivity contribution in [1.29, 1.82) is 5.26 Å². The second-order valence-corrected chi connectivity index (χ2v) is 6.54.